The molecule has 2 rings (SSSR count). The molecule has 14 heavy (non-hydrogen) atoms. The molecule has 0 bridgehead atoms. The minimum Gasteiger partial charge on any atom is -0.486 e. The molecule has 1 aliphatic rings. The Bertz CT molecular complexity index is 342. The maximum absolute atomic E-state index is 5.92. The fourth-order valence-corrected chi connectivity index (χ4v) is 1.63. The van der Waals surface area contributed by atoms with Gasteiger partial charge in [-0.15, -0.1) is 0 Å². The molecule has 0 radical (unpaired) electrons. The van der Waals surface area contributed by atoms with E-state index in [4.69, 9.17) is 10.5 Å². The van der Waals surface area contributed by atoms with E-state index >= 15 is 0 Å². The molecule has 0 unspecified atom stereocenters. The van der Waals surface area contributed by atoms with Gasteiger partial charge in [0.25, 0.3) is 0 Å². The minimum atomic E-state index is -0.0416. The van der Waals surface area contributed by atoms with Gasteiger partial charge in [0.15, 0.2) is 0 Å². The van der Waals surface area contributed by atoms with Crippen LogP contribution in [0, 0.1) is 13.8 Å². The standard InChI is InChI=1S/C12H17NO/c1-9-3-4-11(10(2)7-9)14-12(8-13)5-6-12/h3-4,7H,5-6,8,13H2,1-2H3. The van der Waals surface area contributed by atoms with Crippen LogP contribution in [0.25, 0.3) is 0 Å². The molecule has 1 aromatic carbocycles. The Kier molecular flexibility index (Phi) is 2.23. The molecule has 1 aromatic rings. The lowest BCUT2D eigenvalue weighted by molar-refractivity contribution is 0.186. The van der Waals surface area contributed by atoms with Gasteiger partial charge in [0.05, 0.1) is 0 Å². The van der Waals surface area contributed by atoms with Crippen molar-refractivity contribution in [3.8, 4) is 5.75 Å². The van der Waals surface area contributed by atoms with Crippen LogP contribution in [0.2, 0.25) is 0 Å². The Morgan fingerprint density at radius 2 is 2.07 bits per heavy atom. The van der Waals surface area contributed by atoms with Gasteiger partial charge in [-0.05, 0) is 38.3 Å². The first-order chi connectivity index (χ1) is 6.65. The van der Waals surface area contributed by atoms with Crippen molar-refractivity contribution >= 4 is 0 Å². The fraction of sp³-hybridized carbons (Fsp3) is 0.500. The molecule has 2 heteroatoms. The van der Waals surface area contributed by atoms with Gasteiger partial charge in [0.1, 0.15) is 11.4 Å². The summed E-state index contributed by atoms with van der Waals surface area (Å²) in [5, 5.41) is 0. The van der Waals surface area contributed by atoms with E-state index in [9.17, 15) is 0 Å². The van der Waals surface area contributed by atoms with Crippen molar-refractivity contribution in [3.63, 3.8) is 0 Å². The van der Waals surface area contributed by atoms with Crippen molar-refractivity contribution in [1.29, 1.82) is 0 Å². The van der Waals surface area contributed by atoms with Crippen LogP contribution in [0.1, 0.15) is 24.0 Å². The molecule has 0 atom stereocenters. The number of aryl methyl sites for hydroxylation is 2. The summed E-state index contributed by atoms with van der Waals surface area (Å²) in [6.45, 7) is 4.79. The summed E-state index contributed by atoms with van der Waals surface area (Å²) in [5.74, 6) is 0.985. The third-order valence-electron chi connectivity index (χ3n) is 2.84. The second-order valence-corrected chi connectivity index (χ2v) is 4.26. The molecule has 2 N–H and O–H groups in total. The van der Waals surface area contributed by atoms with Gasteiger partial charge in [-0.1, -0.05) is 17.7 Å². The van der Waals surface area contributed by atoms with Gasteiger partial charge in [-0.3, -0.25) is 0 Å². The maximum Gasteiger partial charge on any atom is 0.123 e. The highest BCUT2D eigenvalue weighted by Gasteiger charge is 2.44. The first kappa shape index (κ1) is 9.53. The Balaban J connectivity index is 2.17. The van der Waals surface area contributed by atoms with E-state index in [0.717, 1.165) is 18.6 Å². The second-order valence-electron chi connectivity index (χ2n) is 4.26. The van der Waals surface area contributed by atoms with E-state index in [1.54, 1.807) is 0 Å². The van der Waals surface area contributed by atoms with Gasteiger partial charge < -0.3 is 10.5 Å². The lowest BCUT2D eigenvalue weighted by atomic mass is 10.1. The summed E-state index contributed by atoms with van der Waals surface area (Å²) >= 11 is 0. The largest absolute Gasteiger partial charge is 0.486 e. The molecule has 1 fully saturated rings. The molecule has 0 amide bonds. The highest BCUT2D eigenvalue weighted by atomic mass is 16.5. The van der Waals surface area contributed by atoms with Crippen LogP contribution in [-0.4, -0.2) is 12.1 Å². The third-order valence-corrected chi connectivity index (χ3v) is 2.84. The zero-order valence-electron chi connectivity index (χ0n) is 8.84. The van der Waals surface area contributed by atoms with E-state index in [0.29, 0.717) is 6.54 Å². The number of ether oxygens (including phenoxy) is 1. The first-order valence-electron chi connectivity index (χ1n) is 5.12. The molecular weight excluding hydrogens is 174 g/mol. The summed E-state index contributed by atoms with van der Waals surface area (Å²) in [6, 6.07) is 6.26. The van der Waals surface area contributed by atoms with Crippen LogP contribution in [-0.2, 0) is 0 Å². The van der Waals surface area contributed by atoms with Gasteiger partial charge in [0.2, 0.25) is 0 Å². The maximum atomic E-state index is 5.92. The Morgan fingerprint density at radius 3 is 2.57 bits per heavy atom. The van der Waals surface area contributed by atoms with Crippen molar-refractivity contribution in [3.05, 3.63) is 29.3 Å². The number of nitrogens with two attached hydrogens (primary N) is 1. The van der Waals surface area contributed by atoms with E-state index in [1.807, 2.05) is 6.07 Å². The quantitative estimate of drug-likeness (QED) is 0.794. The van der Waals surface area contributed by atoms with Crippen molar-refractivity contribution in [2.75, 3.05) is 6.54 Å². The number of benzene rings is 1. The Hall–Kier alpha value is -1.02. The third kappa shape index (κ3) is 1.75. The van der Waals surface area contributed by atoms with Crippen LogP contribution in [0.4, 0.5) is 0 Å². The molecular formula is C12H17NO. The van der Waals surface area contributed by atoms with Gasteiger partial charge >= 0.3 is 0 Å². The molecule has 0 aromatic heterocycles. The highest BCUT2D eigenvalue weighted by molar-refractivity contribution is 5.36. The first-order valence-corrected chi connectivity index (χ1v) is 5.12. The molecule has 2 nitrogen and oxygen atoms in total. The predicted octanol–water partition coefficient (Wildman–Crippen LogP) is 2.17. The summed E-state index contributed by atoms with van der Waals surface area (Å²) in [7, 11) is 0. The summed E-state index contributed by atoms with van der Waals surface area (Å²) < 4.78 is 5.92. The van der Waals surface area contributed by atoms with Gasteiger partial charge in [-0.25, -0.2) is 0 Å². The molecule has 0 saturated heterocycles. The Morgan fingerprint density at radius 1 is 1.36 bits per heavy atom. The zero-order chi connectivity index (χ0) is 10.2. The van der Waals surface area contributed by atoms with Crippen molar-refractivity contribution in [2.24, 2.45) is 5.73 Å². The summed E-state index contributed by atoms with van der Waals surface area (Å²) in [4.78, 5) is 0. The lowest BCUT2D eigenvalue weighted by Crippen LogP contribution is -2.28. The number of hydrogen-bond donors (Lipinski definition) is 1. The molecule has 76 valence electrons. The molecule has 1 aliphatic carbocycles. The fourth-order valence-electron chi connectivity index (χ4n) is 1.63. The monoisotopic (exact) mass is 191 g/mol. The van der Waals surface area contributed by atoms with Crippen molar-refractivity contribution in [1.82, 2.24) is 0 Å². The second kappa shape index (κ2) is 3.28. The van der Waals surface area contributed by atoms with Crippen molar-refractivity contribution in [2.45, 2.75) is 32.3 Å². The SMILES string of the molecule is Cc1ccc(OC2(CN)CC2)c(C)c1. The summed E-state index contributed by atoms with van der Waals surface area (Å²) in [5.41, 5.74) is 8.10. The number of rotatable bonds is 3. The zero-order valence-corrected chi connectivity index (χ0v) is 8.84. The smallest absolute Gasteiger partial charge is 0.123 e. The van der Waals surface area contributed by atoms with Gasteiger partial charge in [0, 0.05) is 6.54 Å². The van der Waals surface area contributed by atoms with Crippen molar-refractivity contribution < 1.29 is 4.74 Å². The molecule has 0 heterocycles. The minimum absolute atomic E-state index is 0.0416. The molecule has 1 saturated carbocycles. The van der Waals surface area contributed by atoms with Crippen LogP contribution < -0.4 is 10.5 Å². The van der Waals surface area contributed by atoms with E-state index in [2.05, 4.69) is 26.0 Å². The van der Waals surface area contributed by atoms with E-state index < -0.39 is 0 Å². The van der Waals surface area contributed by atoms with Gasteiger partial charge in [-0.2, -0.15) is 0 Å². The topological polar surface area (TPSA) is 35.2 Å². The van der Waals surface area contributed by atoms with Crippen LogP contribution in [0.5, 0.6) is 5.75 Å². The Labute approximate surface area is 85.1 Å². The van der Waals surface area contributed by atoms with E-state index in [1.165, 1.54) is 11.1 Å². The van der Waals surface area contributed by atoms with E-state index in [-0.39, 0.29) is 5.60 Å². The molecule has 0 aliphatic heterocycles. The number of hydrogen-bond acceptors (Lipinski definition) is 2. The average Bonchev–Trinajstić information content (AvgIpc) is 2.91. The lowest BCUT2D eigenvalue weighted by Gasteiger charge is -2.17. The van der Waals surface area contributed by atoms with Crippen LogP contribution >= 0.6 is 0 Å². The highest BCUT2D eigenvalue weighted by Crippen LogP contribution is 2.40. The molecule has 0 spiro atoms. The normalized spacial score (nSPS) is 17.9. The van der Waals surface area contributed by atoms with Crippen LogP contribution in [0.15, 0.2) is 18.2 Å². The average molecular weight is 191 g/mol. The predicted molar refractivity (Wildman–Crippen MR) is 57.6 cm³/mol. The summed E-state index contributed by atoms with van der Waals surface area (Å²) in [6.07, 6.45) is 2.19. The van der Waals surface area contributed by atoms with Crippen LogP contribution in [0.3, 0.4) is 0 Å².